The number of H-pyrrole nitrogens is 1. The van der Waals surface area contributed by atoms with Gasteiger partial charge in [0.25, 0.3) is 5.91 Å². The maximum Gasteiger partial charge on any atom is 0.281 e. The van der Waals surface area contributed by atoms with E-state index < -0.39 is 5.91 Å². The van der Waals surface area contributed by atoms with Crippen LogP contribution < -0.4 is 11.3 Å². The highest BCUT2D eigenvalue weighted by molar-refractivity contribution is 5.99. The summed E-state index contributed by atoms with van der Waals surface area (Å²) in [5.41, 5.74) is 2.80. The van der Waals surface area contributed by atoms with Crippen LogP contribution in [0.1, 0.15) is 40.6 Å². The third-order valence-corrected chi connectivity index (χ3v) is 1.86. The molecule has 5 heteroatoms. The minimum absolute atomic E-state index is 0.0276. The van der Waals surface area contributed by atoms with Crippen LogP contribution in [0.2, 0.25) is 0 Å². The molecule has 1 rings (SSSR count). The van der Waals surface area contributed by atoms with Crippen molar-refractivity contribution in [2.75, 3.05) is 0 Å². The lowest BCUT2D eigenvalue weighted by Crippen LogP contribution is -2.30. The first-order valence-corrected chi connectivity index (χ1v) is 4.41. The highest BCUT2D eigenvalue weighted by Crippen LogP contribution is 2.07. The normalized spacial score (nSPS) is 9.86. The molecule has 4 N–H and O–H groups in total. The van der Waals surface area contributed by atoms with Crippen LogP contribution in [0.5, 0.6) is 0 Å². The van der Waals surface area contributed by atoms with Gasteiger partial charge >= 0.3 is 0 Å². The van der Waals surface area contributed by atoms with E-state index in [1.807, 2.05) is 12.3 Å². The molecule has 1 aromatic rings. The molecular formula is C9H13N3O2. The van der Waals surface area contributed by atoms with Gasteiger partial charge in [-0.3, -0.25) is 15.0 Å². The van der Waals surface area contributed by atoms with Gasteiger partial charge in [-0.25, -0.2) is 5.84 Å². The summed E-state index contributed by atoms with van der Waals surface area (Å²) in [6.07, 6.45) is 2.80. The fraction of sp³-hybridized carbons (Fsp3) is 0.333. The van der Waals surface area contributed by atoms with Gasteiger partial charge in [0.1, 0.15) is 5.69 Å². The zero-order chi connectivity index (χ0) is 10.6. The highest BCUT2D eigenvalue weighted by Gasteiger charge is 2.10. The summed E-state index contributed by atoms with van der Waals surface area (Å²) in [6.45, 7) is 1.93. The summed E-state index contributed by atoms with van der Waals surface area (Å²) >= 11 is 0. The zero-order valence-electron chi connectivity index (χ0n) is 7.96. The zero-order valence-corrected chi connectivity index (χ0v) is 7.96. The number of nitrogens with two attached hydrogens (primary N) is 1. The summed E-state index contributed by atoms with van der Waals surface area (Å²) in [4.78, 5) is 25.1. The molecule has 0 spiro atoms. The maximum absolute atomic E-state index is 11.4. The van der Waals surface area contributed by atoms with E-state index in [0.717, 1.165) is 6.42 Å². The average Bonchev–Trinajstić information content (AvgIpc) is 2.66. The Kier molecular flexibility index (Phi) is 3.41. The number of nitrogens with one attached hydrogen (secondary N) is 2. The lowest BCUT2D eigenvalue weighted by Gasteiger charge is -1.93. The summed E-state index contributed by atoms with van der Waals surface area (Å²) < 4.78 is 0. The highest BCUT2D eigenvalue weighted by atomic mass is 16.2. The first-order chi connectivity index (χ1) is 6.69. The summed E-state index contributed by atoms with van der Waals surface area (Å²) in [5.74, 6) is 4.54. The van der Waals surface area contributed by atoms with Crippen LogP contribution in [-0.4, -0.2) is 16.7 Å². The van der Waals surface area contributed by atoms with Crippen molar-refractivity contribution in [3.05, 3.63) is 23.5 Å². The first-order valence-electron chi connectivity index (χ1n) is 4.41. The van der Waals surface area contributed by atoms with E-state index in [1.54, 1.807) is 0 Å². The Balaban J connectivity index is 2.77. The number of Topliss-reactive ketones (excluding diaryl/α,β-unsaturated/α-hetero) is 1. The monoisotopic (exact) mass is 195 g/mol. The molecule has 0 unspecified atom stereocenters. The third-order valence-electron chi connectivity index (χ3n) is 1.86. The fourth-order valence-electron chi connectivity index (χ4n) is 1.14. The van der Waals surface area contributed by atoms with Crippen molar-refractivity contribution in [3.63, 3.8) is 0 Å². The van der Waals surface area contributed by atoms with Crippen molar-refractivity contribution in [2.45, 2.75) is 19.8 Å². The van der Waals surface area contributed by atoms with Gasteiger partial charge in [-0.2, -0.15) is 0 Å². The van der Waals surface area contributed by atoms with Crippen LogP contribution in [0.15, 0.2) is 12.3 Å². The standard InChI is InChI=1S/C9H13N3O2/c1-2-3-8(13)6-4-7(11-5-6)9(14)12-10/h4-5,11H,2-3,10H2,1H3,(H,12,14). The molecule has 0 aliphatic rings. The van der Waals surface area contributed by atoms with Crippen LogP contribution in [0.3, 0.4) is 0 Å². The second-order valence-corrected chi connectivity index (χ2v) is 2.95. The number of hydrogen-bond donors (Lipinski definition) is 3. The Morgan fingerprint density at radius 1 is 1.57 bits per heavy atom. The smallest absolute Gasteiger partial charge is 0.281 e. The van der Waals surface area contributed by atoms with Crippen LogP contribution in [0, 0.1) is 0 Å². The predicted molar refractivity (Wildman–Crippen MR) is 51.7 cm³/mol. The van der Waals surface area contributed by atoms with E-state index >= 15 is 0 Å². The number of aromatic nitrogens is 1. The van der Waals surface area contributed by atoms with Crippen LogP contribution in [-0.2, 0) is 0 Å². The van der Waals surface area contributed by atoms with Crippen LogP contribution in [0.25, 0.3) is 0 Å². The molecule has 14 heavy (non-hydrogen) atoms. The number of hydrogen-bond acceptors (Lipinski definition) is 3. The van der Waals surface area contributed by atoms with Crippen molar-refractivity contribution in [2.24, 2.45) is 5.84 Å². The van der Waals surface area contributed by atoms with Gasteiger partial charge in [0, 0.05) is 18.2 Å². The molecule has 76 valence electrons. The number of carbonyl (C=O) groups is 2. The van der Waals surface area contributed by atoms with E-state index in [-0.39, 0.29) is 5.78 Å². The molecule has 0 atom stereocenters. The SMILES string of the molecule is CCCC(=O)c1c[nH]c(C(=O)NN)c1. The molecular weight excluding hydrogens is 182 g/mol. The summed E-state index contributed by atoms with van der Waals surface area (Å²) in [7, 11) is 0. The molecule has 0 aliphatic heterocycles. The molecule has 0 bridgehead atoms. The first kappa shape index (κ1) is 10.5. The fourth-order valence-corrected chi connectivity index (χ4v) is 1.14. The molecule has 0 radical (unpaired) electrons. The second-order valence-electron chi connectivity index (χ2n) is 2.95. The molecule has 1 heterocycles. The largest absolute Gasteiger partial charge is 0.356 e. The minimum Gasteiger partial charge on any atom is -0.356 e. The number of carbonyl (C=O) groups excluding carboxylic acids is 2. The third kappa shape index (κ3) is 2.20. The molecule has 0 saturated heterocycles. The van der Waals surface area contributed by atoms with Gasteiger partial charge in [-0.15, -0.1) is 0 Å². The van der Waals surface area contributed by atoms with Gasteiger partial charge in [-0.05, 0) is 12.5 Å². The van der Waals surface area contributed by atoms with E-state index in [2.05, 4.69) is 4.98 Å². The van der Waals surface area contributed by atoms with Crippen LogP contribution >= 0.6 is 0 Å². The van der Waals surface area contributed by atoms with Gasteiger partial charge in [0.05, 0.1) is 0 Å². The Morgan fingerprint density at radius 3 is 2.86 bits per heavy atom. The average molecular weight is 195 g/mol. The van der Waals surface area contributed by atoms with E-state index in [4.69, 9.17) is 5.84 Å². The summed E-state index contributed by atoms with van der Waals surface area (Å²) in [5, 5.41) is 0. The van der Waals surface area contributed by atoms with Crippen molar-refractivity contribution < 1.29 is 9.59 Å². The van der Waals surface area contributed by atoms with Crippen molar-refractivity contribution in [1.82, 2.24) is 10.4 Å². The number of hydrazine groups is 1. The van der Waals surface area contributed by atoms with Gasteiger partial charge in [0.2, 0.25) is 0 Å². The van der Waals surface area contributed by atoms with Crippen LogP contribution in [0.4, 0.5) is 0 Å². The number of ketones is 1. The predicted octanol–water partition coefficient (Wildman–Crippen LogP) is 0.601. The topological polar surface area (TPSA) is 88.0 Å². The molecule has 1 amide bonds. The molecule has 0 aromatic carbocycles. The number of nitrogen functional groups attached to an aromatic ring is 1. The Labute approximate surface area is 81.6 Å². The number of rotatable bonds is 4. The van der Waals surface area contributed by atoms with E-state index in [9.17, 15) is 9.59 Å². The van der Waals surface area contributed by atoms with Gasteiger partial charge < -0.3 is 4.98 Å². The molecule has 0 aliphatic carbocycles. The van der Waals surface area contributed by atoms with E-state index in [0.29, 0.717) is 17.7 Å². The van der Waals surface area contributed by atoms with E-state index in [1.165, 1.54) is 12.3 Å². The number of amides is 1. The number of aromatic amines is 1. The molecule has 5 nitrogen and oxygen atoms in total. The Morgan fingerprint density at radius 2 is 2.29 bits per heavy atom. The van der Waals surface area contributed by atoms with Crippen molar-refractivity contribution in [3.8, 4) is 0 Å². The quantitative estimate of drug-likeness (QED) is 0.284. The molecule has 1 aromatic heterocycles. The minimum atomic E-state index is -0.430. The molecule has 0 fully saturated rings. The molecule has 0 saturated carbocycles. The Bertz CT molecular complexity index is 344. The second kappa shape index (κ2) is 4.57. The van der Waals surface area contributed by atoms with Gasteiger partial charge in [-0.1, -0.05) is 6.92 Å². The Hall–Kier alpha value is -1.62. The lowest BCUT2D eigenvalue weighted by molar-refractivity contribution is 0.0949. The lowest BCUT2D eigenvalue weighted by atomic mass is 10.1. The van der Waals surface area contributed by atoms with Crippen molar-refractivity contribution in [1.29, 1.82) is 0 Å². The van der Waals surface area contributed by atoms with Gasteiger partial charge in [0.15, 0.2) is 5.78 Å². The van der Waals surface area contributed by atoms with Crippen molar-refractivity contribution >= 4 is 11.7 Å². The summed E-state index contributed by atoms with van der Waals surface area (Å²) in [6, 6.07) is 1.50. The maximum atomic E-state index is 11.4.